The van der Waals surface area contributed by atoms with Gasteiger partial charge in [0.25, 0.3) is 5.91 Å². The molecule has 0 aliphatic heterocycles. The van der Waals surface area contributed by atoms with Crippen molar-refractivity contribution in [3.8, 4) is 17.2 Å². The molecule has 3 aromatic carbocycles. The largest absolute Gasteiger partial charge is 0.493 e. The Balaban J connectivity index is 1.66. The van der Waals surface area contributed by atoms with Crippen molar-refractivity contribution in [3.05, 3.63) is 83.7 Å². The lowest BCUT2D eigenvalue weighted by molar-refractivity contribution is 0.102. The molecule has 0 fully saturated rings. The van der Waals surface area contributed by atoms with Gasteiger partial charge in [-0.2, -0.15) is 0 Å². The standard InChI is InChI=1S/C23H22FNO4/c1-3-28-21-12-11-19(14-22(21)27-2)25-23(26)17-5-4-6-20(13-17)29-15-16-7-9-18(24)10-8-16/h4-14H,3,15H2,1-2H3,(H,25,26). The van der Waals surface area contributed by atoms with Gasteiger partial charge < -0.3 is 19.5 Å². The Morgan fingerprint density at radius 2 is 1.76 bits per heavy atom. The van der Waals surface area contributed by atoms with Crippen LogP contribution in [0.1, 0.15) is 22.8 Å². The van der Waals surface area contributed by atoms with Crippen molar-refractivity contribution in [1.82, 2.24) is 0 Å². The Bertz CT molecular complexity index is 973. The van der Waals surface area contributed by atoms with Gasteiger partial charge in [0.2, 0.25) is 0 Å². The number of methoxy groups -OCH3 is 1. The van der Waals surface area contributed by atoms with Crippen LogP contribution in [0.5, 0.6) is 17.2 Å². The lowest BCUT2D eigenvalue weighted by atomic mass is 10.2. The molecule has 0 saturated carbocycles. The van der Waals surface area contributed by atoms with E-state index in [1.807, 2.05) is 6.92 Å². The fourth-order valence-electron chi connectivity index (χ4n) is 2.70. The summed E-state index contributed by atoms with van der Waals surface area (Å²) in [5.41, 5.74) is 1.88. The topological polar surface area (TPSA) is 56.8 Å². The molecule has 0 bridgehead atoms. The zero-order valence-corrected chi connectivity index (χ0v) is 16.3. The van der Waals surface area contributed by atoms with Crippen LogP contribution < -0.4 is 19.5 Å². The van der Waals surface area contributed by atoms with E-state index < -0.39 is 0 Å². The van der Waals surface area contributed by atoms with Crippen LogP contribution in [0.4, 0.5) is 10.1 Å². The Morgan fingerprint density at radius 3 is 2.48 bits per heavy atom. The fourth-order valence-corrected chi connectivity index (χ4v) is 2.70. The van der Waals surface area contributed by atoms with Crippen molar-refractivity contribution in [3.63, 3.8) is 0 Å². The molecule has 0 aromatic heterocycles. The van der Waals surface area contributed by atoms with Crippen LogP contribution in [0.15, 0.2) is 66.7 Å². The first kappa shape index (κ1) is 20.2. The summed E-state index contributed by atoms with van der Waals surface area (Å²) in [5, 5.41) is 2.84. The molecule has 29 heavy (non-hydrogen) atoms. The molecule has 0 atom stereocenters. The van der Waals surface area contributed by atoms with Gasteiger partial charge in [-0.05, 0) is 55.0 Å². The summed E-state index contributed by atoms with van der Waals surface area (Å²) >= 11 is 0. The Morgan fingerprint density at radius 1 is 0.966 bits per heavy atom. The molecule has 0 aliphatic carbocycles. The molecule has 0 saturated heterocycles. The summed E-state index contributed by atoms with van der Waals surface area (Å²) in [6, 6.07) is 18.2. The van der Waals surface area contributed by atoms with E-state index in [4.69, 9.17) is 14.2 Å². The number of benzene rings is 3. The van der Waals surface area contributed by atoms with Gasteiger partial charge in [-0.1, -0.05) is 18.2 Å². The summed E-state index contributed by atoms with van der Waals surface area (Å²) in [6.07, 6.45) is 0. The van der Waals surface area contributed by atoms with Crippen LogP contribution in [0, 0.1) is 5.82 Å². The first-order valence-corrected chi connectivity index (χ1v) is 9.18. The van der Waals surface area contributed by atoms with Crippen molar-refractivity contribution < 1.29 is 23.4 Å². The fraction of sp³-hybridized carbons (Fsp3) is 0.174. The first-order valence-electron chi connectivity index (χ1n) is 9.18. The lowest BCUT2D eigenvalue weighted by Gasteiger charge is -2.12. The third-order valence-corrected chi connectivity index (χ3v) is 4.14. The lowest BCUT2D eigenvalue weighted by Crippen LogP contribution is -2.12. The van der Waals surface area contributed by atoms with Crippen molar-refractivity contribution in [1.29, 1.82) is 0 Å². The molecule has 0 aliphatic rings. The van der Waals surface area contributed by atoms with Crippen LogP contribution >= 0.6 is 0 Å². The second-order valence-corrected chi connectivity index (χ2v) is 6.20. The highest BCUT2D eigenvalue weighted by Crippen LogP contribution is 2.30. The van der Waals surface area contributed by atoms with Gasteiger partial charge in [-0.25, -0.2) is 4.39 Å². The third-order valence-electron chi connectivity index (χ3n) is 4.14. The Kier molecular flexibility index (Phi) is 6.68. The normalized spacial score (nSPS) is 10.3. The predicted octanol–water partition coefficient (Wildman–Crippen LogP) is 5.06. The number of carbonyl (C=O) groups is 1. The molecule has 1 amide bonds. The van der Waals surface area contributed by atoms with Crippen LogP contribution in [0.3, 0.4) is 0 Å². The smallest absolute Gasteiger partial charge is 0.255 e. The third kappa shape index (κ3) is 5.48. The highest BCUT2D eigenvalue weighted by molar-refractivity contribution is 6.04. The van der Waals surface area contributed by atoms with Gasteiger partial charge in [0.15, 0.2) is 11.5 Å². The summed E-state index contributed by atoms with van der Waals surface area (Å²) in [4.78, 5) is 12.6. The number of nitrogens with one attached hydrogen (secondary N) is 1. The van der Waals surface area contributed by atoms with Crippen LogP contribution in [0.25, 0.3) is 0 Å². The van der Waals surface area contributed by atoms with Crippen molar-refractivity contribution >= 4 is 11.6 Å². The zero-order chi connectivity index (χ0) is 20.6. The molecule has 3 aromatic rings. The molecule has 0 unspecified atom stereocenters. The highest BCUT2D eigenvalue weighted by atomic mass is 19.1. The van der Waals surface area contributed by atoms with E-state index in [0.29, 0.717) is 35.1 Å². The van der Waals surface area contributed by atoms with Gasteiger partial charge >= 0.3 is 0 Å². The molecule has 150 valence electrons. The number of anilines is 1. The SMILES string of the molecule is CCOc1ccc(NC(=O)c2cccc(OCc3ccc(F)cc3)c2)cc1OC. The van der Waals surface area contributed by atoms with Crippen LogP contribution in [-0.2, 0) is 6.61 Å². The highest BCUT2D eigenvalue weighted by Gasteiger charge is 2.10. The van der Waals surface area contributed by atoms with E-state index in [2.05, 4.69) is 5.32 Å². The number of amides is 1. The summed E-state index contributed by atoms with van der Waals surface area (Å²) in [7, 11) is 1.55. The molecule has 0 heterocycles. The molecule has 0 radical (unpaired) electrons. The van der Waals surface area contributed by atoms with Gasteiger partial charge in [0.05, 0.1) is 13.7 Å². The number of hydrogen-bond acceptors (Lipinski definition) is 4. The molecule has 5 nitrogen and oxygen atoms in total. The second-order valence-electron chi connectivity index (χ2n) is 6.20. The van der Waals surface area contributed by atoms with Gasteiger partial charge in [0.1, 0.15) is 18.2 Å². The average Bonchev–Trinajstić information content (AvgIpc) is 2.74. The summed E-state index contributed by atoms with van der Waals surface area (Å²) in [6.45, 7) is 2.69. The zero-order valence-electron chi connectivity index (χ0n) is 16.3. The molecule has 6 heteroatoms. The Labute approximate surface area is 169 Å². The molecular weight excluding hydrogens is 373 g/mol. The molecular formula is C23H22FNO4. The second kappa shape index (κ2) is 9.59. The van der Waals surface area contributed by atoms with E-state index in [0.717, 1.165) is 5.56 Å². The van der Waals surface area contributed by atoms with Crippen molar-refractivity contribution in [2.24, 2.45) is 0 Å². The number of halogens is 1. The van der Waals surface area contributed by atoms with Crippen molar-refractivity contribution in [2.75, 3.05) is 19.0 Å². The van der Waals surface area contributed by atoms with E-state index in [9.17, 15) is 9.18 Å². The molecule has 1 N–H and O–H groups in total. The summed E-state index contributed by atoms with van der Waals surface area (Å²) in [5.74, 6) is 1.14. The predicted molar refractivity (Wildman–Crippen MR) is 109 cm³/mol. The van der Waals surface area contributed by atoms with E-state index >= 15 is 0 Å². The minimum Gasteiger partial charge on any atom is -0.493 e. The van der Waals surface area contributed by atoms with Gasteiger partial charge in [0, 0.05) is 17.3 Å². The first-order chi connectivity index (χ1) is 14.1. The molecule has 3 rings (SSSR count). The van der Waals surface area contributed by atoms with Crippen LogP contribution in [-0.4, -0.2) is 19.6 Å². The summed E-state index contributed by atoms with van der Waals surface area (Å²) < 4.78 is 29.5. The average molecular weight is 395 g/mol. The maximum absolute atomic E-state index is 13.0. The van der Waals surface area contributed by atoms with Gasteiger partial charge in [-0.3, -0.25) is 4.79 Å². The number of hydrogen-bond donors (Lipinski definition) is 1. The van der Waals surface area contributed by atoms with E-state index in [1.54, 1.807) is 61.7 Å². The van der Waals surface area contributed by atoms with Crippen LogP contribution in [0.2, 0.25) is 0 Å². The maximum Gasteiger partial charge on any atom is 0.255 e. The monoisotopic (exact) mass is 395 g/mol. The number of carbonyl (C=O) groups excluding carboxylic acids is 1. The minimum atomic E-state index is -0.293. The number of rotatable bonds is 8. The van der Waals surface area contributed by atoms with E-state index in [-0.39, 0.29) is 18.3 Å². The quantitative estimate of drug-likeness (QED) is 0.579. The van der Waals surface area contributed by atoms with Gasteiger partial charge in [-0.15, -0.1) is 0 Å². The Hall–Kier alpha value is -3.54. The van der Waals surface area contributed by atoms with Crippen molar-refractivity contribution in [2.45, 2.75) is 13.5 Å². The maximum atomic E-state index is 13.0. The van der Waals surface area contributed by atoms with E-state index in [1.165, 1.54) is 12.1 Å². The number of ether oxygens (including phenoxy) is 3. The minimum absolute atomic E-state index is 0.275. The molecule has 0 spiro atoms.